The van der Waals surface area contributed by atoms with E-state index < -0.39 is 11.5 Å². The summed E-state index contributed by atoms with van der Waals surface area (Å²) in [6.45, 7) is 2.64. The summed E-state index contributed by atoms with van der Waals surface area (Å²) >= 11 is 0. The molecule has 0 spiro atoms. The number of benzene rings is 1. The van der Waals surface area contributed by atoms with Gasteiger partial charge in [-0.2, -0.15) is 5.21 Å². The number of alkyl halides is 2. The van der Waals surface area contributed by atoms with Crippen molar-refractivity contribution >= 4 is 0 Å². The van der Waals surface area contributed by atoms with Crippen molar-refractivity contribution in [2.75, 3.05) is 6.61 Å². The molecule has 2 aromatic heterocycles. The fraction of sp³-hybridized carbons (Fsp3) is 0.429. The molecule has 29 heavy (non-hydrogen) atoms. The number of hydrogen-bond donors (Lipinski definition) is 1. The minimum absolute atomic E-state index is 0.195. The molecule has 0 saturated carbocycles. The largest absolute Gasteiger partial charge is 0.369 e. The van der Waals surface area contributed by atoms with Crippen LogP contribution >= 0.6 is 0 Å². The first-order chi connectivity index (χ1) is 14.0. The van der Waals surface area contributed by atoms with Crippen molar-refractivity contribution < 1.29 is 13.5 Å². The maximum Gasteiger partial charge on any atom is 0.252 e. The Morgan fingerprint density at radius 1 is 1.10 bits per heavy atom. The first kappa shape index (κ1) is 18.3. The standard InChI is InChI=1S/C21H21F2N5O/c1-20(9-5-11-29-20)18-17(19-25-27-28-26-19)16(13-6-3-2-4-7-13)14-12-21(22,23)10-8-15(14)24-18/h2-4,6-7H,5,8-12H2,1H3,(H,25,26,27,28)/t20-/m0/s1. The van der Waals surface area contributed by atoms with Crippen LogP contribution < -0.4 is 0 Å². The molecule has 1 N–H and O–H groups in total. The van der Waals surface area contributed by atoms with E-state index in [9.17, 15) is 8.78 Å². The zero-order chi connectivity index (χ0) is 20.1. The van der Waals surface area contributed by atoms with Gasteiger partial charge in [0.1, 0.15) is 5.60 Å². The molecule has 3 heterocycles. The number of aromatic amines is 1. The Kier molecular flexibility index (Phi) is 4.20. The Balaban J connectivity index is 1.87. The summed E-state index contributed by atoms with van der Waals surface area (Å²) in [5.41, 5.74) is 3.56. The monoisotopic (exact) mass is 397 g/mol. The lowest BCUT2D eigenvalue weighted by molar-refractivity contribution is -0.0131. The van der Waals surface area contributed by atoms with Gasteiger partial charge in [0.05, 0.1) is 11.3 Å². The summed E-state index contributed by atoms with van der Waals surface area (Å²) in [5, 5.41) is 14.6. The summed E-state index contributed by atoms with van der Waals surface area (Å²) in [7, 11) is 0. The molecular weight excluding hydrogens is 376 g/mol. The quantitative estimate of drug-likeness (QED) is 0.721. The van der Waals surface area contributed by atoms with E-state index in [1.807, 2.05) is 37.3 Å². The van der Waals surface area contributed by atoms with Gasteiger partial charge in [-0.05, 0) is 42.5 Å². The Labute approximate surface area is 166 Å². The zero-order valence-electron chi connectivity index (χ0n) is 16.1. The number of pyridine rings is 1. The molecule has 2 aliphatic rings. The molecule has 1 aliphatic carbocycles. The van der Waals surface area contributed by atoms with Crippen molar-refractivity contribution in [3.63, 3.8) is 0 Å². The lowest BCUT2D eigenvalue weighted by Crippen LogP contribution is -2.30. The second-order valence-electron chi connectivity index (χ2n) is 7.95. The van der Waals surface area contributed by atoms with Gasteiger partial charge in [-0.3, -0.25) is 4.98 Å². The molecule has 3 aromatic rings. The normalized spacial score (nSPS) is 23.1. The van der Waals surface area contributed by atoms with Gasteiger partial charge in [0, 0.05) is 30.7 Å². The van der Waals surface area contributed by atoms with Crippen molar-refractivity contribution in [2.24, 2.45) is 0 Å². The highest BCUT2D eigenvalue weighted by molar-refractivity contribution is 5.85. The lowest BCUT2D eigenvalue weighted by Gasteiger charge is -2.32. The van der Waals surface area contributed by atoms with Crippen molar-refractivity contribution in [1.82, 2.24) is 25.6 Å². The molecular formula is C21H21F2N5O. The Morgan fingerprint density at radius 2 is 1.93 bits per heavy atom. The number of H-pyrrole nitrogens is 1. The summed E-state index contributed by atoms with van der Waals surface area (Å²) in [6, 6.07) is 9.55. The first-order valence-corrected chi connectivity index (χ1v) is 9.84. The third-order valence-corrected chi connectivity index (χ3v) is 5.90. The van der Waals surface area contributed by atoms with Crippen molar-refractivity contribution in [2.45, 2.75) is 50.6 Å². The topological polar surface area (TPSA) is 76.6 Å². The van der Waals surface area contributed by atoms with E-state index in [0.717, 1.165) is 18.4 Å². The minimum atomic E-state index is -2.76. The van der Waals surface area contributed by atoms with Crippen molar-refractivity contribution in [3.05, 3.63) is 47.3 Å². The molecule has 0 unspecified atom stereocenters. The number of halogens is 2. The third kappa shape index (κ3) is 3.11. The highest BCUT2D eigenvalue weighted by atomic mass is 19.3. The smallest absolute Gasteiger partial charge is 0.252 e. The van der Waals surface area contributed by atoms with E-state index in [0.29, 0.717) is 40.5 Å². The van der Waals surface area contributed by atoms with Gasteiger partial charge in [0.25, 0.3) is 5.92 Å². The molecule has 8 heteroatoms. The molecule has 1 fully saturated rings. The number of tetrazole rings is 1. The van der Waals surface area contributed by atoms with Crippen LogP contribution in [0.25, 0.3) is 22.5 Å². The Bertz CT molecular complexity index is 1030. The maximum absolute atomic E-state index is 14.4. The van der Waals surface area contributed by atoms with Crippen LogP contribution in [0.15, 0.2) is 30.3 Å². The van der Waals surface area contributed by atoms with E-state index >= 15 is 0 Å². The van der Waals surface area contributed by atoms with Gasteiger partial charge in [-0.15, -0.1) is 10.2 Å². The molecule has 1 aliphatic heterocycles. The molecule has 0 radical (unpaired) electrons. The minimum Gasteiger partial charge on any atom is -0.369 e. The molecule has 0 bridgehead atoms. The molecule has 1 saturated heterocycles. The summed E-state index contributed by atoms with van der Waals surface area (Å²) < 4.78 is 34.9. The molecule has 0 amide bonds. The number of rotatable bonds is 3. The fourth-order valence-electron chi connectivity index (χ4n) is 4.47. The molecule has 1 aromatic carbocycles. The van der Waals surface area contributed by atoms with E-state index in [2.05, 4.69) is 20.6 Å². The van der Waals surface area contributed by atoms with Crippen LogP contribution in [0.3, 0.4) is 0 Å². The van der Waals surface area contributed by atoms with E-state index in [-0.39, 0.29) is 19.3 Å². The fourth-order valence-corrected chi connectivity index (χ4v) is 4.47. The van der Waals surface area contributed by atoms with Crippen LogP contribution in [-0.2, 0) is 23.2 Å². The van der Waals surface area contributed by atoms with Gasteiger partial charge < -0.3 is 4.74 Å². The van der Waals surface area contributed by atoms with E-state index in [1.54, 1.807) is 0 Å². The number of ether oxygens (including phenoxy) is 1. The summed E-state index contributed by atoms with van der Waals surface area (Å²) in [5.74, 6) is -2.41. The lowest BCUT2D eigenvalue weighted by atomic mass is 9.81. The molecule has 5 rings (SSSR count). The first-order valence-electron chi connectivity index (χ1n) is 9.84. The number of hydrogen-bond acceptors (Lipinski definition) is 5. The number of aromatic nitrogens is 5. The van der Waals surface area contributed by atoms with Gasteiger partial charge >= 0.3 is 0 Å². The second-order valence-corrected chi connectivity index (χ2v) is 7.95. The van der Waals surface area contributed by atoms with Crippen LogP contribution in [0, 0.1) is 0 Å². The van der Waals surface area contributed by atoms with Crippen LogP contribution in [0.5, 0.6) is 0 Å². The Morgan fingerprint density at radius 3 is 2.62 bits per heavy atom. The summed E-state index contributed by atoms with van der Waals surface area (Å²) in [6.07, 6.45) is 1.41. The van der Waals surface area contributed by atoms with E-state index in [1.165, 1.54) is 0 Å². The number of fused-ring (bicyclic) bond motifs is 1. The second kappa shape index (κ2) is 6.66. The highest BCUT2D eigenvalue weighted by Gasteiger charge is 2.42. The maximum atomic E-state index is 14.4. The van der Waals surface area contributed by atoms with Crippen LogP contribution in [-0.4, -0.2) is 38.1 Å². The van der Waals surface area contributed by atoms with Crippen LogP contribution in [0.2, 0.25) is 0 Å². The zero-order valence-corrected chi connectivity index (χ0v) is 16.1. The predicted octanol–water partition coefficient (Wildman–Crippen LogP) is 4.08. The average Bonchev–Trinajstić information content (AvgIpc) is 3.39. The third-order valence-electron chi connectivity index (χ3n) is 5.90. The Hall–Kier alpha value is -2.74. The van der Waals surface area contributed by atoms with Crippen LogP contribution in [0.1, 0.15) is 43.1 Å². The van der Waals surface area contributed by atoms with Crippen molar-refractivity contribution in [1.29, 1.82) is 0 Å². The number of nitrogens with one attached hydrogen (secondary N) is 1. The van der Waals surface area contributed by atoms with Crippen molar-refractivity contribution in [3.8, 4) is 22.5 Å². The van der Waals surface area contributed by atoms with Crippen LogP contribution in [0.4, 0.5) is 8.78 Å². The highest BCUT2D eigenvalue weighted by Crippen LogP contribution is 2.47. The number of aryl methyl sites for hydroxylation is 1. The molecule has 150 valence electrons. The predicted molar refractivity (Wildman–Crippen MR) is 102 cm³/mol. The SMILES string of the molecule is C[C@@]1(c2nc3c(c(-c4ccccc4)c2-c2nn[nH]n2)CC(F)(F)CC3)CCCO1. The average molecular weight is 397 g/mol. The van der Waals surface area contributed by atoms with E-state index in [4.69, 9.17) is 9.72 Å². The van der Waals surface area contributed by atoms with Gasteiger partial charge in [0.2, 0.25) is 5.82 Å². The van der Waals surface area contributed by atoms with Gasteiger partial charge in [0.15, 0.2) is 0 Å². The molecule has 1 atom stereocenters. The number of nitrogens with zero attached hydrogens (tertiary/aromatic N) is 4. The van der Waals surface area contributed by atoms with Gasteiger partial charge in [-0.1, -0.05) is 30.3 Å². The van der Waals surface area contributed by atoms with Gasteiger partial charge in [-0.25, -0.2) is 8.78 Å². The summed E-state index contributed by atoms with van der Waals surface area (Å²) in [4.78, 5) is 4.89. The molecule has 6 nitrogen and oxygen atoms in total.